The fourth-order valence-electron chi connectivity index (χ4n) is 2.29. The third-order valence-corrected chi connectivity index (χ3v) is 3.27. The molecule has 0 saturated heterocycles. The van der Waals surface area contributed by atoms with Crippen molar-refractivity contribution in [1.82, 2.24) is 5.32 Å². The standard InChI is InChI=1S/C18H21.C2H7N.Li/c1-2-3-6-15-18(16-11-7-4-8-12-16)17-13-9-5-10-14-17;1-3-2;/h4-5,7-14H,2-3,6,15H2,1H3;3H,1-2H3;/q-1;;+1. The Morgan fingerprint density at radius 3 is 1.55 bits per heavy atom. The van der Waals surface area contributed by atoms with Crippen molar-refractivity contribution < 1.29 is 18.9 Å². The van der Waals surface area contributed by atoms with Gasteiger partial charge in [-0.2, -0.15) is 0 Å². The average molecular weight is 289 g/mol. The molecule has 0 unspecified atom stereocenters. The SMILES string of the molecule is CCCCC[C-](c1ccccc1)c1ccccc1.CNC.[Li+]. The molecule has 2 aromatic rings. The molecule has 22 heavy (non-hydrogen) atoms. The molecule has 0 heterocycles. The van der Waals surface area contributed by atoms with Crippen LogP contribution in [0.5, 0.6) is 0 Å². The molecule has 0 amide bonds. The summed E-state index contributed by atoms with van der Waals surface area (Å²) in [5.41, 5.74) is 2.72. The van der Waals surface area contributed by atoms with Gasteiger partial charge in [-0.1, -0.05) is 69.0 Å². The molecule has 2 aromatic carbocycles. The Morgan fingerprint density at radius 1 is 0.773 bits per heavy atom. The summed E-state index contributed by atoms with van der Waals surface area (Å²) in [5.74, 6) is 1.48. The van der Waals surface area contributed by atoms with Crippen LogP contribution >= 0.6 is 0 Å². The summed E-state index contributed by atoms with van der Waals surface area (Å²) in [6, 6.07) is 21.5. The van der Waals surface area contributed by atoms with Crippen molar-refractivity contribution >= 4 is 0 Å². The van der Waals surface area contributed by atoms with Gasteiger partial charge in [0.2, 0.25) is 0 Å². The molecule has 0 saturated carbocycles. The van der Waals surface area contributed by atoms with Crippen molar-refractivity contribution in [2.24, 2.45) is 0 Å². The summed E-state index contributed by atoms with van der Waals surface area (Å²) in [5, 5.41) is 2.75. The molecule has 0 spiro atoms. The molecule has 0 aliphatic rings. The van der Waals surface area contributed by atoms with Gasteiger partial charge in [0.1, 0.15) is 0 Å². The number of nitrogens with one attached hydrogen (secondary N) is 1. The molecular weight excluding hydrogens is 261 g/mol. The van der Waals surface area contributed by atoms with Crippen LogP contribution in [0, 0.1) is 5.92 Å². The molecule has 0 radical (unpaired) electrons. The van der Waals surface area contributed by atoms with Gasteiger partial charge in [-0.3, -0.25) is 0 Å². The smallest absolute Gasteiger partial charge is 0.323 e. The van der Waals surface area contributed by atoms with Crippen LogP contribution in [-0.4, -0.2) is 14.1 Å². The van der Waals surface area contributed by atoms with E-state index in [4.69, 9.17) is 0 Å². The predicted molar refractivity (Wildman–Crippen MR) is 93.5 cm³/mol. The number of benzene rings is 2. The van der Waals surface area contributed by atoms with Crippen molar-refractivity contribution in [3.05, 3.63) is 77.7 Å². The number of hydrogen-bond donors (Lipinski definition) is 1. The Bertz CT molecular complexity index is 416. The van der Waals surface area contributed by atoms with E-state index in [9.17, 15) is 0 Å². The fraction of sp³-hybridized carbons (Fsp3) is 0.350. The van der Waals surface area contributed by atoms with E-state index in [-0.39, 0.29) is 18.9 Å². The largest absolute Gasteiger partial charge is 1.00 e. The first-order valence-electron chi connectivity index (χ1n) is 7.88. The van der Waals surface area contributed by atoms with E-state index in [0.29, 0.717) is 0 Å². The fourth-order valence-corrected chi connectivity index (χ4v) is 2.29. The van der Waals surface area contributed by atoms with Crippen LogP contribution in [0.1, 0.15) is 43.7 Å². The van der Waals surface area contributed by atoms with Crippen LogP contribution in [0.15, 0.2) is 60.7 Å². The van der Waals surface area contributed by atoms with Gasteiger partial charge < -0.3 is 5.32 Å². The minimum atomic E-state index is 0. The van der Waals surface area contributed by atoms with Gasteiger partial charge >= 0.3 is 18.9 Å². The van der Waals surface area contributed by atoms with Gasteiger partial charge in [0.15, 0.2) is 0 Å². The zero-order valence-corrected chi connectivity index (χ0v) is 14.6. The molecule has 0 fully saturated rings. The van der Waals surface area contributed by atoms with Gasteiger partial charge in [0.05, 0.1) is 0 Å². The quantitative estimate of drug-likeness (QED) is 0.488. The summed E-state index contributed by atoms with van der Waals surface area (Å²) >= 11 is 0. The van der Waals surface area contributed by atoms with Crippen molar-refractivity contribution in [2.45, 2.75) is 32.6 Å². The molecule has 0 bridgehead atoms. The second kappa shape index (κ2) is 13.5. The van der Waals surface area contributed by atoms with Crippen LogP contribution in [0.25, 0.3) is 0 Å². The van der Waals surface area contributed by atoms with Gasteiger partial charge in [-0.15, -0.1) is 41.3 Å². The Kier molecular flexibility index (Phi) is 12.8. The number of rotatable bonds is 6. The zero-order chi connectivity index (χ0) is 15.3. The van der Waals surface area contributed by atoms with Crippen molar-refractivity contribution in [2.75, 3.05) is 14.1 Å². The van der Waals surface area contributed by atoms with Crippen LogP contribution in [0.4, 0.5) is 0 Å². The molecule has 114 valence electrons. The maximum absolute atomic E-state index is 2.75. The van der Waals surface area contributed by atoms with E-state index in [1.807, 2.05) is 14.1 Å². The molecule has 2 rings (SSSR count). The van der Waals surface area contributed by atoms with E-state index >= 15 is 0 Å². The maximum Gasteiger partial charge on any atom is 1.00 e. The number of unbranched alkanes of at least 4 members (excludes halogenated alkanes) is 2. The van der Waals surface area contributed by atoms with Crippen LogP contribution < -0.4 is 24.2 Å². The third kappa shape index (κ3) is 7.76. The zero-order valence-electron chi connectivity index (χ0n) is 14.6. The summed E-state index contributed by atoms with van der Waals surface area (Å²) in [6.45, 7) is 2.25. The first kappa shape index (κ1) is 20.9. The van der Waals surface area contributed by atoms with Crippen molar-refractivity contribution in [1.29, 1.82) is 0 Å². The summed E-state index contributed by atoms with van der Waals surface area (Å²) in [4.78, 5) is 0. The monoisotopic (exact) mass is 289 g/mol. The van der Waals surface area contributed by atoms with E-state index < -0.39 is 0 Å². The second-order valence-corrected chi connectivity index (χ2v) is 5.17. The Morgan fingerprint density at radius 2 is 1.18 bits per heavy atom. The molecule has 0 aromatic heterocycles. The summed E-state index contributed by atoms with van der Waals surface area (Å²) in [7, 11) is 3.75. The van der Waals surface area contributed by atoms with E-state index in [1.165, 1.54) is 42.7 Å². The normalized spacial score (nSPS) is 9.23. The van der Waals surface area contributed by atoms with Gasteiger partial charge in [-0.05, 0) is 14.1 Å². The van der Waals surface area contributed by atoms with Crippen molar-refractivity contribution in [3.63, 3.8) is 0 Å². The maximum atomic E-state index is 2.75. The van der Waals surface area contributed by atoms with Crippen LogP contribution in [0.2, 0.25) is 0 Å². The van der Waals surface area contributed by atoms with E-state index in [0.717, 1.165) is 0 Å². The minimum Gasteiger partial charge on any atom is -0.323 e. The minimum absolute atomic E-state index is 0. The molecule has 0 aliphatic carbocycles. The predicted octanol–water partition coefficient (Wildman–Crippen LogP) is 2.08. The van der Waals surface area contributed by atoms with E-state index in [2.05, 4.69) is 72.9 Å². The van der Waals surface area contributed by atoms with Gasteiger partial charge in [-0.25, -0.2) is 0 Å². The Labute approximate surface area is 148 Å². The molecule has 1 nitrogen and oxygen atoms in total. The first-order valence-corrected chi connectivity index (χ1v) is 7.88. The second-order valence-electron chi connectivity index (χ2n) is 5.17. The molecule has 0 aliphatic heterocycles. The van der Waals surface area contributed by atoms with E-state index in [1.54, 1.807) is 0 Å². The first-order chi connectivity index (χ1) is 10.3. The molecular formula is C20H28LiN. The van der Waals surface area contributed by atoms with Crippen LogP contribution in [-0.2, 0) is 0 Å². The molecule has 1 N–H and O–H groups in total. The van der Waals surface area contributed by atoms with Gasteiger partial charge in [0, 0.05) is 0 Å². The number of hydrogen-bond acceptors (Lipinski definition) is 1. The topological polar surface area (TPSA) is 12.0 Å². The summed E-state index contributed by atoms with van der Waals surface area (Å²) < 4.78 is 0. The average Bonchev–Trinajstić information content (AvgIpc) is 2.54. The van der Waals surface area contributed by atoms with Gasteiger partial charge in [0.25, 0.3) is 0 Å². The Balaban J connectivity index is 0.00000102. The third-order valence-electron chi connectivity index (χ3n) is 3.27. The summed E-state index contributed by atoms with van der Waals surface area (Å²) in [6.07, 6.45) is 5.03. The van der Waals surface area contributed by atoms with Crippen molar-refractivity contribution in [3.8, 4) is 0 Å². The molecule has 0 atom stereocenters. The molecule has 2 heteroatoms. The Hall–Kier alpha value is -1.13. The van der Waals surface area contributed by atoms with Crippen LogP contribution in [0.3, 0.4) is 0 Å².